The molecule has 0 spiro atoms. The largest absolute Gasteiger partial charge is 0.387 e. The van der Waals surface area contributed by atoms with Gasteiger partial charge in [0.1, 0.15) is 5.82 Å². The average Bonchev–Trinajstić information content (AvgIpc) is 2.27. The van der Waals surface area contributed by atoms with Gasteiger partial charge in [0.05, 0.1) is 6.10 Å². The lowest BCUT2D eigenvalue weighted by molar-refractivity contribution is 0.0817. The summed E-state index contributed by atoms with van der Waals surface area (Å²) >= 11 is 0. The lowest BCUT2D eigenvalue weighted by atomic mass is 9.85. The van der Waals surface area contributed by atoms with Crippen LogP contribution in [0.4, 0.5) is 4.39 Å². The predicted octanol–water partition coefficient (Wildman–Crippen LogP) is 3.20. The molecule has 0 aliphatic carbocycles. The first-order valence-electron chi connectivity index (χ1n) is 6.20. The van der Waals surface area contributed by atoms with Gasteiger partial charge in [-0.25, -0.2) is 4.39 Å². The molecule has 4 heteroatoms. The van der Waals surface area contributed by atoms with Crippen molar-refractivity contribution in [1.82, 2.24) is 5.32 Å². The molecule has 18 heavy (non-hydrogen) atoms. The fraction of sp³-hybridized carbons (Fsp3) is 0.571. The van der Waals surface area contributed by atoms with Gasteiger partial charge < -0.3 is 10.4 Å². The Bertz CT molecular complexity index is 397. The highest BCUT2D eigenvalue weighted by atomic mass is 35.5. The Labute approximate surface area is 114 Å². The second kappa shape index (κ2) is 6.00. The molecular weight excluding hydrogens is 253 g/mol. The first-order chi connectivity index (χ1) is 7.99. The number of rotatable bonds is 2. The molecule has 2 rings (SSSR count). The summed E-state index contributed by atoms with van der Waals surface area (Å²) in [6, 6.07) is 6.39. The molecule has 0 amide bonds. The standard InChI is InChI=1S/C14H20FNO.ClH/c1-14(2)9-5-8-12(16-14)13(17)10-6-3-4-7-11(10)15;/h3-4,6-7,12-13,16-17H,5,8-9H2,1-2H3;1H/t12-,13-;/m1./s1. The summed E-state index contributed by atoms with van der Waals surface area (Å²) in [6.07, 6.45) is 2.28. The number of halogens is 2. The smallest absolute Gasteiger partial charge is 0.129 e. The van der Waals surface area contributed by atoms with Crippen molar-refractivity contribution in [3.63, 3.8) is 0 Å². The molecule has 2 atom stereocenters. The summed E-state index contributed by atoms with van der Waals surface area (Å²) in [5.41, 5.74) is 0.414. The number of benzene rings is 1. The maximum absolute atomic E-state index is 13.6. The predicted molar refractivity (Wildman–Crippen MR) is 73.5 cm³/mol. The zero-order chi connectivity index (χ0) is 12.5. The third-order valence-corrected chi connectivity index (χ3v) is 3.50. The van der Waals surface area contributed by atoms with Gasteiger partial charge in [-0.05, 0) is 39.2 Å². The zero-order valence-electron chi connectivity index (χ0n) is 10.8. The van der Waals surface area contributed by atoms with Crippen LogP contribution in [0.3, 0.4) is 0 Å². The highest BCUT2D eigenvalue weighted by Gasteiger charge is 2.32. The van der Waals surface area contributed by atoms with Gasteiger partial charge in [-0.1, -0.05) is 18.2 Å². The third kappa shape index (κ3) is 3.44. The molecule has 1 fully saturated rings. The summed E-state index contributed by atoms with van der Waals surface area (Å²) in [5.74, 6) is -0.329. The molecule has 1 aromatic rings. The fourth-order valence-corrected chi connectivity index (χ4v) is 2.58. The van der Waals surface area contributed by atoms with E-state index in [0.29, 0.717) is 5.56 Å². The minimum atomic E-state index is -0.768. The minimum absolute atomic E-state index is 0. The molecule has 0 unspecified atom stereocenters. The molecule has 2 N–H and O–H groups in total. The summed E-state index contributed by atoms with van der Waals surface area (Å²) in [4.78, 5) is 0. The van der Waals surface area contributed by atoms with E-state index in [1.54, 1.807) is 18.2 Å². The number of aliphatic hydroxyl groups is 1. The van der Waals surface area contributed by atoms with Crippen LogP contribution in [0.1, 0.15) is 44.8 Å². The van der Waals surface area contributed by atoms with Crippen molar-refractivity contribution in [2.24, 2.45) is 0 Å². The topological polar surface area (TPSA) is 32.3 Å². The van der Waals surface area contributed by atoms with Crippen molar-refractivity contribution in [1.29, 1.82) is 0 Å². The Morgan fingerprint density at radius 1 is 1.39 bits per heavy atom. The average molecular weight is 274 g/mol. The monoisotopic (exact) mass is 273 g/mol. The molecule has 1 aromatic carbocycles. The summed E-state index contributed by atoms with van der Waals surface area (Å²) < 4.78 is 13.6. The fourth-order valence-electron chi connectivity index (χ4n) is 2.58. The SMILES string of the molecule is CC1(C)CCC[C@H]([C@H](O)c2ccccc2F)N1.Cl. The van der Waals surface area contributed by atoms with Gasteiger partial charge in [0.15, 0.2) is 0 Å². The molecule has 0 bridgehead atoms. The molecule has 0 saturated carbocycles. The van der Waals surface area contributed by atoms with Gasteiger partial charge in [0.2, 0.25) is 0 Å². The molecule has 0 aromatic heterocycles. The van der Waals surface area contributed by atoms with Gasteiger partial charge in [-0.2, -0.15) is 0 Å². The van der Waals surface area contributed by atoms with E-state index in [1.807, 2.05) is 0 Å². The Balaban J connectivity index is 0.00000162. The van der Waals surface area contributed by atoms with Crippen LogP contribution in [0.25, 0.3) is 0 Å². The van der Waals surface area contributed by atoms with Gasteiger partial charge in [0, 0.05) is 17.1 Å². The molecule has 1 saturated heterocycles. The van der Waals surface area contributed by atoms with Crippen LogP contribution in [-0.2, 0) is 0 Å². The lowest BCUT2D eigenvalue weighted by Gasteiger charge is -2.39. The van der Waals surface area contributed by atoms with E-state index in [0.717, 1.165) is 19.3 Å². The Morgan fingerprint density at radius 2 is 2.06 bits per heavy atom. The summed E-state index contributed by atoms with van der Waals surface area (Å²) in [7, 11) is 0. The van der Waals surface area contributed by atoms with E-state index in [9.17, 15) is 9.50 Å². The molecule has 1 aliphatic rings. The van der Waals surface area contributed by atoms with Crippen LogP contribution in [0.2, 0.25) is 0 Å². The minimum Gasteiger partial charge on any atom is -0.387 e. The van der Waals surface area contributed by atoms with Crippen LogP contribution in [0, 0.1) is 5.82 Å². The van der Waals surface area contributed by atoms with Crippen LogP contribution in [-0.4, -0.2) is 16.7 Å². The van der Waals surface area contributed by atoms with E-state index < -0.39 is 6.10 Å². The maximum atomic E-state index is 13.6. The van der Waals surface area contributed by atoms with Crippen LogP contribution >= 0.6 is 12.4 Å². The van der Waals surface area contributed by atoms with Crippen molar-refractivity contribution in [3.05, 3.63) is 35.6 Å². The number of piperidine rings is 1. The van der Waals surface area contributed by atoms with Crippen LogP contribution < -0.4 is 5.32 Å². The van der Waals surface area contributed by atoms with E-state index in [-0.39, 0.29) is 29.8 Å². The second-order valence-corrected chi connectivity index (χ2v) is 5.49. The Kier molecular flexibility index (Phi) is 5.14. The summed E-state index contributed by atoms with van der Waals surface area (Å²) in [6.45, 7) is 4.24. The zero-order valence-corrected chi connectivity index (χ0v) is 11.6. The van der Waals surface area contributed by atoms with Crippen molar-refractivity contribution in [2.45, 2.75) is 50.8 Å². The number of hydrogen-bond acceptors (Lipinski definition) is 2. The quantitative estimate of drug-likeness (QED) is 0.867. The lowest BCUT2D eigenvalue weighted by Crippen LogP contribution is -2.51. The van der Waals surface area contributed by atoms with Gasteiger partial charge >= 0.3 is 0 Å². The Morgan fingerprint density at radius 3 is 2.67 bits per heavy atom. The summed E-state index contributed by atoms with van der Waals surface area (Å²) in [5, 5.41) is 13.7. The number of aliphatic hydroxyl groups excluding tert-OH is 1. The van der Waals surface area contributed by atoms with Crippen molar-refractivity contribution in [2.75, 3.05) is 0 Å². The number of nitrogens with one attached hydrogen (secondary N) is 1. The molecule has 1 aliphatic heterocycles. The van der Waals surface area contributed by atoms with Crippen LogP contribution in [0.15, 0.2) is 24.3 Å². The highest BCUT2D eigenvalue weighted by molar-refractivity contribution is 5.85. The van der Waals surface area contributed by atoms with Gasteiger partial charge in [-0.15, -0.1) is 12.4 Å². The molecule has 0 radical (unpaired) electrons. The highest BCUT2D eigenvalue weighted by Crippen LogP contribution is 2.29. The van der Waals surface area contributed by atoms with Crippen molar-refractivity contribution in [3.8, 4) is 0 Å². The van der Waals surface area contributed by atoms with Crippen molar-refractivity contribution >= 4 is 12.4 Å². The molecule has 2 nitrogen and oxygen atoms in total. The number of hydrogen-bond donors (Lipinski definition) is 2. The van der Waals surface area contributed by atoms with Crippen LogP contribution in [0.5, 0.6) is 0 Å². The van der Waals surface area contributed by atoms with E-state index in [4.69, 9.17) is 0 Å². The second-order valence-electron chi connectivity index (χ2n) is 5.49. The Hall–Kier alpha value is -0.640. The maximum Gasteiger partial charge on any atom is 0.129 e. The van der Waals surface area contributed by atoms with E-state index in [2.05, 4.69) is 19.2 Å². The van der Waals surface area contributed by atoms with E-state index in [1.165, 1.54) is 6.07 Å². The first kappa shape index (κ1) is 15.4. The van der Waals surface area contributed by atoms with Gasteiger partial charge in [-0.3, -0.25) is 0 Å². The molecular formula is C14H21ClFNO. The normalized spacial score (nSPS) is 24.1. The third-order valence-electron chi connectivity index (χ3n) is 3.50. The first-order valence-corrected chi connectivity index (χ1v) is 6.20. The molecule has 1 heterocycles. The molecule has 102 valence electrons. The van der Waals surface area contributed by atoms with Gasteiger partial charge in [0.25, 0.3) is 0 Å². The van der Waals surface area contributed by atoms with E-state index >= 15 is 0 Å². The van der Waals surface area contributed by atoms with Crippen molar-refractivity contribution < 1.29 is 9.50 Å².